The van der Waals surface area contributed by atoms with Gasteiger partial charge in [-0.1, -0.05) is 0 Å². The lowest BCUT2D eigenvalue weighted by Crippen LogP contribution is -2.30. The van der Waals surface area contributed by atoms with E-state index in [0.29, 0.717) is 0 Å². The van der Waals surface area contributed by atoms with E-state index in [-0.39, 0.29) is 5.89 Å². The summed E-state index contributed by atoms with van der Waals surface area (Å²) in [5, 5.41) is 0. The molecule has 0 spiro atoms. The predicted octanol–water partition coefficient (Wildman–Crippen LogP) is 0.737. The number of esters is 1. The lowest BCUT2D eigenvalue weighted by molar-refractivity contribution is -0.206. The van der Waals surface area contributed by atoms with Crippen LogP contribution in [-0.2, 0) is 9.53 Å². The van der Waals surface area contributed by atoms with Crippen LogP contribution in [-0.4, -0.2) is 17.1 Å². The van der Waals surface area contributed by atoms with Crippen molar-refractivity contribution >= 4 is 5.97 Å². The third-order valence-electron chi connectivity index (χ3n) is 1.16. The second kappa shape index (κ2) is 3.66. The topological polar surface area (TPSA) is 78.4 Å². The quantitative estimate of drug-likeness (QED) is 0.575. The molecule has 0 radical (unpaired) electrons. The van der Waals surface area contributed by atoms with Crippen LogP contribution in [0.1, 0.15) is 12.1 Å². The number of halogens is 3. The van der Waals surface area contributed by atoms with Gasteiger partial charge in [0.25, 0.3) is 5.89 Å². The van der Waals surface area contributed by atoms with Crippen LogP contribution in [0.3, 0.4) is 0 Å². The van der Waals surface area contributed by atoms with Crippen molar-refractivity contribution in [2.75, 3.05) is 0 Å². The molecule has 0 aliphatic rings. The Morgan fingerprint density at radius 1 is 1.64 bits per heavy atom. The molecule has 1 aromatic heterocycles. The number of carbonyl (C=O) groups excluding carboxylic acids is 1. The van der Waals surface area contributed by atoms with Gasteiger partial charge in [0.15, 0.2) is 0 Å². The minimum absolute atomic E-state index is 0.303. The third kappa shape index (κ3) is 2.46. The maximum atomic E-state index is 11.7. The van der Waals surface area contributed by atoms with Crippen LogP contribution >= 0.6 is 0 Å². The van der Waals surface area contributed by atoms with Gasteiger partial charge < -0.3 is 9.15 Å². The first kappa shape index (κ1) is 10.5. The van der Waals surface area contributed by atoms with Crippen molar-refractivity contribution in [2.45, 2.75) is 12.4 Å². The summed E-state index contributed by atoms with van der Waals surface area (Å²) in [6, 6.07) is 0. The van der Waals surface area contributed by atoms with E-state index in [1.165, 1.54) is 0 Å². The lowest BCUT2D eigenvalue weighted by atomic mass is 10.5. The molecule has 0 fully saturated rings. The highest BCUT2D eigenvalue weighted by molar-refractivity contribution is 5.75. The Bertz CT molecular complexity index is 309. The zero-order chi connectivity index (χ0) is 10.8. The first-order valence-electron chi connectivity index (χ1n) is 3.34. The SMILES string of the molecule is NC(OC(=O)C(F)(F)F)c1ncco1. The summed E-state index contributed by atoms with van der Waals surface area (Å²) in [6.07, 6.45) is -4.48. The van der Waals surface area contributed by atoms with Crippen LogP contribution in [0.15, 0.2) is 16.9 Å². The molecule has 14 heavy (non-hydrogen) atoms. The summed E-state index contributed by atoms with van der Waals surface area (Å²) in [5.41, 5.74) is 5.04. The Morgan fingerprint density at radius 3 is 2.71 bits per heavy atom. The second-order valence-corrected chi connectivity index (χ2v) is 2.19. The molecule has 0 aliphatic heterocycles. The highest BCUT2D eigenvalue weighted by Crippen LogP contribution is 2.20. The molecule has 78 valence electrons. The molecule has 0 aliphatic carbocycles. The first-order valence-corrected chi connectivity index (χ1v) is 3.34. The number of nitrogens with zero attached hydrogens (tertiary/aromatic N) is 1. The van der Waals surface area contributed by atoms with Crippen LogP contribution < -0.4 is 5.73 Å². The molecule has 1 rings (SSSR count). The van der Waals surface area contributed by atoms with Gasteiger partial charge in [0.05, 0.1) is 6.20 Å². The number of nitrogens with two attached hydrogens (primary N) is 1. The Kier molecular flexibility index (Phi) is 2.75. The third-order valence-corrected chi connectivity index (χ3v) is 1.16. The van der Waals surface area contributed by atoms with E-state index >= 15 is 0 Å². The van der Waals surface area contributed by atoms with Gasteiger partial charge in [0.2, 0.25) is 6.23 Å². The molecule has 8 heteroatoms. The molecule has 0 saturated carbocycles. The largest absolute Gasteiger partial charge is 0.490 e. The summed E-state index contributed by atoms with van der Waals surface area (Å²) in [6.45, 7) is 0. The van der Waals surface area contributed by atoms with Gasteiger partial charge in [-0.2, -0.15) is 13.2 Å². The van der Waals surface area contributed by atoms with E-state index < -0.39 is 18.4 Å². The van der Waals surface area contributed by atoms with Crippen LogP contribution in [0.5, 0.6) is 0 Å². The maximum Gasteiger partial charge on any atom is 0.490 e. The molecular weight excluding hydrogens is 205 g/mol. The minimum Gasteiger partial charge on any atom is -0.444 e. The fourth-order valence-corrected chi connectivity index (χ4v) is 0.608. The normalized spacial score (nSPS) is 13.7. The number of ether oxygens (including phenoxy) is 1. The number of hydrogen-bond acceptors (Lipinski definition) is 5. The molecule has 0 saturated heterocycles. The number of oxazole rings is 1. The van der Waals surface area contributed by atoms with Gasteiger partial charge in [-0.25, -0.2) is 9.78 Å². The number of rotatable bonds is 2. The zero-order valence-electron chi connectivity index (χ0n) is 6.62. The molecule has 0 bridgehead atoms. The van der Waals surface area contributed by atoms with E-state index in [2.05, 4.69) is 14.1 Å². The van der Waals surface area contributed by atoms with Crippen molar-refractivity contribution in [3.63, 3.8) is 0 Å². The van der Waals surface area contributed by atoms with Crippen molar-refractivity contribution in [3.05, 3.63) is 18.4 Å². The molecule has 1 atom stereocenters. The van der Waals surface area contributed by atoms with Crippen LogP contribution in [0.2, 0.25) is 0 Å². The molecular formula is C6H5F3N2O3. The lowest BCUT2D eigenvalue weighted by Gasteiger charge is -2.10. The highest BCUT2D eigenvalue weighted by atomic mass is 19.4. The monoisotopic (exact) mass is 210 g/mol. The number of aromatic nitrogens is 1. The summed E-state index contributed by atoms with van der Waals surface area (Å²) in [4.78, 5) is 13.7. The van der Waals surface area contributed by atoms with Gasteiger partial charge in [-0.3, -0.25) is 5.73 Å². The van der Waals surface area contributed by atoms with Gasteiger partial charge in [-0.15, -0.1) is 0 Å². The summed E-state index contributed by atoms with van der Waals surface area (Å²) < 4.78 is 43.4. The Morgan fingerprint density at radius 2 is 2.29 bits per heavy atom. The van der Waals surface area contributed by atoms with Gasteiger partial charge >= 0.3 is 12.1 Å². The van der Waals surface area contributed by atoms with E-state index in [4.69, 9.17) is 5.73 Å². The number of carbonyl (C=O) groups is 1. The van der Waals surface area contributed by atoms with E-state index in [0.717, 1.165) is 12.5 Å². The average Bonchev–Trinajstić information content (AvgIpc) is 2.53. The van der Waals surface area contributed by atoms with Crippen molar-refractivity contribution in [1.29, 1.82) is 0 Å². The van der Waals surface area contributed by atoms with E-state index in [1.807, 2.05) is 0 Å². The van der Waals surface area contributed by atoms with Gasteiger partial charge in [0, 0.05) is 0 Å². The molecule has 5 nitrogen and oxygen atoms in total. The molecule has 0 amide bonds. The van der Waals surface area contributed by atoms with E-state index in [9.17, 15) is 18.0 Å². The fourth-order valence-electron chi connectivity index (χ4n) is 0.608. The van der Waals surface area contributed by atoms with Crippen LogP contribution in [0.4, 0.5) is 13.2 Å². The maximum absolute atomic E-state index is 11.7. The van der Waals surface area contributed by atoms with Crippen molar-refractivity contribution in [3.8, 4) is 0 Å². The van der Waals surface area contributed by atoms with Gasteiger partial charge in [-0.05, 0) is 0 Å². The van der Waals surface area contributed by atoms with Gasteiger partial charge in [0.1, 0.15) is 6.26 Å². The van der Waals surface area contributed by atoms with E-state index in [1.54, 1.807) is 0 Å². The fraction of sp³-hybridized carbons (Fsp3) is 0.333. The smallest absolute Gasteiger partial charge is 0.444 e. The molecule has 1 unspecified atom stereocenters. The highest BCUT2D eigenvalue weighted by Gasteiger charge is 2.42. The number of hydrogen-bond donors (Lipinski definition) is 1. The average molecular weight is 210 g/mol. The molecule has 0 aromatic carbocycles. The number of alkyl halides is 3. The van der Waals surface area contributed by atoms with Crippen molar-refractivity contribution < 1.29 is 27.1 Å². The Balaban J connectivity index is 2.58. The van der Waals surface area contributed by atoms with Crippen LogP contribution in [0, 0.1) is 0 Å². The summed E-state index contributed by atoms with van der Waals surface area (Å²) in [7, 11) is 0. The standard InChI is InChI=1S/C6H5F3N2O3/c7-6(8,9)5(12)14-3(10)4-11-1-2-13-4/h1-3H,10H2. The first-order chi connectivity index (χ1) is 6.41. The van der Waals surface area contributed by atoms with Crippen molar-refractivity contribution in [1.82, 2.24) is 4.98 Å². The Labute approximate surface area is 75.7 Å². The minimum atomic E-state index is -5.08. The van der Waals surface area contributed by atoms with Crippen molar-refractivity contribution in [2.24, 2.45) is 5.73 Å². The predicted molar refractivity (Wildman–Crippen MR) is 35.6 cm³/mol. The van der Waals surface area contributed by atoms with Crippen LogP contribution in [0.25, 0.3) is 0 Å². The molecule has 1 heterocycles. The molecule has 2 N–H and O–H groups in total. The molecule has 1 aromatic rings. The summed E-state index contributed by atoms with van der Waals surface area (Å²) >= 11 is 0. The zero-order valence-corrected chi connectivity index (χ0v) is 6.62. The second-order valence-electron chi connectivity index (χ2n) is 2.19. The Hall–Kier alpha value is -1.57. The summed E-state index contributed by atoms with van der Waals surface area (Å²) in [5.74, 6) is -2.69.